The van der Waals surface area contributed by atoms with Crippen molar-refractivity contribution in [3.63, 3.8) is 0 Å². The summed E-state index contributed by atoms with van der Waals surface area (Å²) in [6, 6.07) is 16.1. The molecule has 3 unspecified atom stereocenters. The Morgan fingerprint density at radius 3 is 1.67 bits per heavy atom. The van der Waals surface area contributed by atoms with Crippen LogP contribution in [0.2, 0.25) is 0 Å². The van der Waals surface area contributed by atoms with Gasteiger partial charge in [0.25, 0.3) is 0 Å². The van der Waals surface area contributed by atoms with Gasteiger partial charge in [-0.15, -0.1) is 0 Å². The van der Waals surface area contributed by atoms with E-state index in [2.05, 4.69) is 68.5 Å². The van der Waals surface area contributed by atoms with Crippen LogP contribution in [0, 0.1) is 5.92 Å². The fourth-order valence-corrected chi connectivity index (χ4v) is 6.37. The fraction of sp³-hybridized carbons (Fsp3) is 0.444. The molecule has 0 radical (unpaired) electrons. The van der Waals surface area contributed by atoms with E-state index in [4.69, 9.17) is 10.5 Å². The molecule has 2 saturated heterocycles. The van der Waals surface area contributed by atoms with Crippen molar-refractivity contribution in [3.8, 4) is 33.6 Å². The third kappa shape index (κ3) is 6.58. The van der Waals surface area contributed by atoms with Gasteiger partial charge in [-0.05, 0) is 74.6 Å². The average molecular weight is 624 g/mol. The van der Waals surface area contributed by atoms with Crippen molar-refractivity contribution in [1.29, 1.82) is 0 Å². The van der Waals surface area contributed by atoms with E-state index in [-0.39, 0.29) is 30.0 Å². The van der Waals surface area contributed by atoms with Gasteiger partial charge >= 0.3 is 6.09 Å². The Labute approximate surface area is 270 Å². The summed E-state index contributed by atoms with van der Waals surface area (Å²) < 4.78 is 5.62. The van der Waals surface area contributed by atoms with Crippen LogP contribution < -0.4 is 5.73 Å². The van der Waals surface area contributed by atoms with Gasteiger partial charge in [0.1, 0.15) is 17.2 Å². The van der Waals surface area contributed by atoms with Gasteiger partial charge in [-0.3, -0.25) is 9.69 Å². The second-order valence-electron chi connectivity index (χ2n) is 13.8. The van der Waals surface area contributed by atoms with Crippen molar-refractivity contribution in [2.45, 2.75) is 84.0 Å². The summed E-state index contributed by atoms with van der Waals surface area (Å²) in [5.74, 6) is 1.68. The third-order valence-corrected chi connectivity index (χ3v) is 8.97. The lowest BCUT2D eigenvalue weighted by atomic mass is 10.0. The van der Waals surface area contributed by atoms with Crippen molar-refractivity contribution in [3.05, 3.63) is 72.6 Å². The zero-order chi connectivity index (χ0) is 32.6. The molecule has 2 aliphatic rings. The summed E-state index contributed by atoms with van der Waals surface area (Å²) in [6.45, 7) is 11.0. The Morgan fingerprint density at radius 2 is 1.22 bits per heavy atom. The number of hydrogen-bond acceptors (Lipinski definition) is 6. The fourth-order valence-electron chi connectivity index (χ4n) is 6.37. The largest absolute Gasteiger partial charge is 0.444 e. The first-order valence-electron chi connectivity index (χ1n) is 16.4. The Balaban J connectivity index is 1.11. The standard InChI is InChI=1S/C36H45N7O3/c1-22(2)31(37)34(44)42-18-6-8-29(42)32-38-20-27(40-32)25-14-10-23(11-15-25)24-12-16-26(17-13-24)28-21-39-33(41-28)30-9-7-19-43(30)35(45)46-36(3,4)5/h10-17,20-22,29-31H,6-9,18-19,37H2,1-5H3,(H,38,40)(H,39,41). The predicted octanol–water partition coefficient (Wildman–Crippen LogP) is 6.85. The molecule has 10 heteroatoms. The van der Waals surface area contributed by atoms with Gasteiger partial charge in [-0.2, -0.15) is 0 Å². The number of amides is 2. The van der Waals surface area contributed by atoms with Gasteiger partial charge in [0.15, 0.2) is 0 Å². The lowest BCUT2D eigenvalue weighted by Gasteiger charge is -2.27. The van der Waals surface area contributed by atoms with Crippen LogP contribution in [0.25, 0.3) is 33.6 Å². The Hall–Kier alpha value is -4.44. The van der Waals surface area contributed by atoms with Crippen LogP contribution in [0.15, 0.2) is 60.9 Å². The molecule has 0 aliphatic carbocycles. The highest BCUT2D eigenvalue weighted by molar-refractivity contribution is 5.82. The molecule has 2 fully saturated rings. The first kappa shape index (κ1) is 31.5. The van der Waals surface area contributed by atoms with Crippen LogP contribution in [-0.2, 0) is 9.53 Å². The van der Waals surface area contributed by atoms with Crippen molar-refractivity contribution >= 4 is 12.0 Å². The number of nitrogens with two attached hydrogens (primary N) is 1. The summed E-state index contributed by atoms with van der Waals surface area (Å²) in [6.07, 6.45) is 6.98. The number of hydrogen-bond donors (Lipinski definition) is 3. The molecule has 0 spiro atoms. The predicted molar refractivity (Wildman–Crippen MR) is 178 cm³/mol. The third-order valence-electron chi connectivity index (χ3n) is 8.97. The van der Waals surface area contributed by atoms with E-state index >= 15 is 0 Å². The summed E-state index contributed by atoms with van der Waals surface area (Å²) in [7, 11) is 0. The van der Waals surface area contributed by atoms with E-state index < -0.39 is 11.6 Å². The van der Waals surface area contributed by atoms with Crippen molar-refractivity contribution in [2.75, 3.05) is 13.1 Å². The van der Waals surface area contributed by atoms with Crippen LogP contribution in [-0.4, -0.2) is 66.5 Å². The maximum Gasteiger partial charge on any atom is 0.410 e. The van der Waals surface area contributed by atoms with Crippen molar-refractivity contribution < 1.29 is 14.3 Å². The number of nitrogens with zero attached hydrogens (tertiary/aromatic N) is 4. The van der Waals surface area contributed by atoms with Gasteiger partial charge in [-0.1, -0.05) is 62.4 Å². The number of benzene rings is 2. The number of carbonyl (C=O) groups excluding carboxylic acids is 2. The molecular weight excluding hydrogens is 578 g/mol. The number of likely N-dealkylation sites (tertiary alicyclic amines) is 2. The summed E-state index contributed by atoms with van der Waals surface area (Å²) in [4.78, 5) is 45.6. The highest BCUT2D eigenvalue weighted by atomic mass is 16.6. The van der Waals surface area contributed by atoms with Gasteiger partial charge in [0.2, 0.25) is 5.91 Å². The minimum absolute atomic E-state index is 0.00236. The number of ether oxygens (including phenoxy) is 1. The van der Waals surface area contributed by atoms with Crippen LogP contribution in [0.1, 0.15) is 84.0 Å². The molecule has 10 nitrogen and oxygen atoms in total. The number of H-pyrrole nitrogens is 2. The van der Waals surface area contributed by atoms with Crippen LogP contribution in [0.4, 0.5) is 4.79 Å². The maximum atomic E-state index is 13.0. The first-order valence-corrected chi connectivity index (χ1v) is 16.4. The quantitative estimate of drug-likeness (QED) is 0.206. The zero-order valence-corrected chi connectivity index (χ0v) is 27.4. The minimum Gasteiger partial charge on any atom is -0.444 e. The summed E-state index contributed by atoms with van der Waals surface area (Å²) in [5, 5.41) is 0. The molecule has 2 amide bonds. The van der Waals surface area contributed by atoms with Crippen molar-refractivity contribution in [1.82, 2.24) is 29.7 Å². The van der Waals surface area contributed by atoms with E-state index in [1.54, 1.807) is 4.90 Å². The molecule has 2 aliphatic heterocycles. The zero-order valence-electron chi connectivity index (χ0n) is 27.4. The minimum atomic E-state index is -0.536. The first-order chi connectivity index (χ1) is 22.0. The van der Waals surface area contributed by atoms with Gasteiger partial charge < -0.3 is 25.3 Å². The number of carbonyl (C=O) groups is 2. The number of rotatable bonds is 7. The molecular formula is C36H45N7O3. The molecule has 2 aromatic carbocycles. The van der Waals surface area contributed by atoms with Gasteiger partial charge in [0, 0.05) is 13.1 Å². The van der Waals surface area contributed by atoms with Crippen LogP contribution in [0.5, 0.6) is 0 Å². The summed E-state index contributed by atoms with van der Waals surface area (Å²) in [5.41, 5.74) is 11.8. The van der Waals surface area contributed by atoms with E-state index in [1.807, 2.05) is 51.9 Å². The molecule has 4 N–H and O–H groups in total. The molecule has 0 saturated carbocycles. The molecule has 4 aromatic rings. The number of imidazole rings is 2. The normalized spacial score (nSPS) is 19.2. The number of nitrogens with one attached hydrogen (secondary N) is 2. The molecule has 242 valence electrons. The second kappa shape index (κ2) is 12.7. The molecule has 46 heavy (non-hydrogen) atoms. The number of aromatic nitrogens is 4. The average Bonchev–Trinajstić information content (AvgIpc) is 3.85. The monoisotopic (exact) mass is 623 g/mol. The summed E-state index contributed by atoms with van der Waals surface area (Å²) >= 11 is 0. The Morgan fingerprint density at radius 1 is 0.783 bits per heavy atom. The maximum absolute atomic E-state index is 13.0. The Kier molecular flexibility index (Phi) is 8.74. The van der Waals surface area contributed by atoms with E-state index in [1.165, 1.54) is 0 Å². The topological polar surface area (TPSA) is 133 Å². The lowest BCUT2D eigenvalue weighted by molar-refractivity contribution is -0.134. The van der Waals surface area contributed by atoms with E-state index in [0.29, 0.717) is 13.1 Å². The molecule has 4 heterocycles. The van der Waals surface area contributed by atoms with Crippen LogP contribution >= 0.6 is 0 Å². The molecule has 3 atom stereocenters. The van der Waals surface area contributed by atoms with Gasteiger partial charge in [-0.25, -0.2) is 14.8 Å². The highest BCUT2D eigenvalue weighted by Crippen LogP contribution is 2.35. The molecule has 0 bridgehead atoms. The number of aromatic amines is 2. The van der Waals surface area contributed by atoms with E-state index in [9.17, 15) is 9.59 Å². The second-order valence-corrected chi connectivity index (χ2v) is 13.8. The lowest BCUT2D eigenvalue weighted by Crippen LogP contribution is -2.46. The molecule has 2 aromatic heterocycles. The molecule has 6 rings (SSSR count). The van der Waals surface area contributed by atoms with Crippen LogP contribution in [0.3, 0.4) is 0 Å². The SMILES string of the molecule is CC(C)C(N)C(=O)N1CCCC1c1ncc(-c2ccc(-c3ccc(-c4cnc(C5CCCN5C(=O)OC(C)(C)C)[nH]4)cc3)cc2)[nH]1. The highest BCUT2D eigenvalue weighted by Gasteiger charge is 2.36. The van der Waals surface area contributed by atoms with Crippen molar-refractivity contribution in [2.24, 2.45) is 11.7 Å². The van der Waals surface area contributed by atoms with E-state index in [0.717, 1.165) is 71.0 Å². The van der Waals surface area contributed by atoms with Gasteiger partial charge in [0.05, 0.1) is 41.9 Å². The Bertz CT molecular complexity index is 1670. The smallest absolute Gasteiger partial charge is 0.410 e.